The van der Waals surface area contributed by atoms with E-state index in [1.54, 1.807) is 25.3 Å². The molecule has 6 nitrogen and oxygen atoms in total. The number of rotatable bonds is 5. The second-order valence-corrected chi connectivity index (χ2v) is 6.48. The summed E-state index contributed by atoms with van der Waals surface area (Å²) in [6.07, 6.45) is 6.90. The molecule has 1 fully saturated rings. The topological polar surface area (TPSA) is 67.2 Å². The zero-order valence-corrected chi connectivity index (χ0v) is 14.5. The quantitative estimate of drug-likeness (QED) is 0.906. The number of benzene rings is 1. The number of nitrogens with zero attached hydrogens (tertiary/aromatic N) is 3. The van der Waals surface area contributed by atoms with Gasteiger partial charge in [0.25, 0.3) is 5.91 Å². The van der Waals surface area contributed by atoms with Crippen molar-refractivity contribution in [3.05, 3.63) is 53.9 Å². The van der Waals surface area contributed by atoms with Crippen LogP contribution in [0.25, 0.3) is 0 Å². The molecule has 0 unspecified atom stereocenters. The molecule has 2 aromatic rings. The molecule has 0 saturated carbocycles. The predicted octanol–water partition coefficient (Wildman–Crippen LogP) is 2.06. The van der Waals surface area contributed by atoms with Gasteiger partial charge in [-0.05, 0) is 49.9 Å². The third kappa shape index (κ3) is 4.47. The molecule has 1 aromatic carbocycles. The van der Waals surface area contributed by atoms with Crippen LogP contribution >= 0.6 is 0 Å². The molecule has 2 heterocycles. The van der Waals surface area contributed by atoms with Gasteiger partial charge in [-0.3, -0.25) is 14.3 Å². The molecule has 1 saturated heterocycles. The fourth-order valence-corrected chi connectivity index (χ4v) is 3.07. The van der Waals surface area contributed by atoms with E-state index < -0.39 is 6.04 Å². The number of hydrogen-bond donors (Lipinski definition) is 1. The zero-order chi connectivity index (χ0) is 17.6. The Hall–Kier alpha value is -2.63. The maximum atomic E-state index is 12.4. The lowest BCUT2D eigenvalue weighted by Gasteiger charge is -2.29. The molecule has 1 aliphatic heterocycles. The largest absolute Gasteiger partial charge is 0.341 e. The maximum absolute atomic E-state index is 12.4. The second-order valence-electron chi connectivity index (χ2n) is 6.48. The molecule has 25 heavy (non-hydrogen) atoms. The molecule has 0 bridgehead atoms. The first-order valence-corrected chi connectivity index (χ1v) is 8.79. The van der Waals surface area contributed by atoms with Crippen LogP contribution in [0.1, 0.15) is 42.1 Å². The number of hydrogen-bond acceptors (Lipinski definition) is 3. The van der Waals surface area contributed by atoms with Crippen LogP contribution in [-0.2, 0) is 11.3 Å². The van der Waals surface area contributed by atoms with E-state index in [2.05, 4.69) is 10.4 Å². The highest BCUT2D eigenvalue weighted by molar-refractivity contribution is 5.97. The van der Waals surface area contributed by atoms with Crippen LogP contribution in [0.4, 0.5) is 0 Å². The Labute approximate surface area is 147 Å². The Bertz CT molecular complexity index is 704. The van der Waals surface area contributed by atoms with Crippen molar-refractivity contribution in [2.24, 2.45) is 0 Å². The van der Waals surface area contributed by atoms with E-state index in [4.69, 9.17) is 0 Å². The summed E-state index contributed by atoms with van der Waals surface area (Å²) in [6, 6.07) is 8.76. The highest BCUT2D eigenvalue weighted by atomic mass is 16.2. The monoisotopic (exact) mass is 340 g/mol. The molecule has 1 atom stereocenters. The third-order valence-electron chi connectivity index (χ3n) is 4.51. The molecular formula is C19H24N4O2. The first-order chi connectivity index (χ1) is 12.1. The lowest BCUT2D eigenvalue weighted by atomic mass is 10.1. The van der Waals surface area contributed by atoms with Gasteiger partial charge < -0.3 is 10.2 Å². The second kappa shape index (κ2) is 7.96. The van der Waals surface area contributed by atoms with Crippen LogP contribution in [0.2, 0.25) is 0 Å². The molecule has 6 heteroatoms. The summed E-state index contributed by atoms with van der Waals surface area (Å²) in [5.41, 5.74) is 1.63. The molecule has 2 amide bonds. The van der Waals surface area contributed by atoms with Gasteiger partial charge in [0.15, 0.2) is 0 Å². The summed E-state index contributed by atoms with van der Waals surface area (Å²) in [7, 11) is 0. The van der Waals surface area contributed by atoms with Gasteiger partial charge in [-0.1, -0.05) is 12.1 Å². The average molecular weight is 340 g/mol. The van der Waals surface area contributed by atoms with Crippen molar-refractivity contribution in [3.8, 4) is 0 Å². The molecular weight excluding hydrogens is 316 g/mol. The summed E-state index contributed by atoms with van der Waals surface area (Å²) in [4.78, 5) is 26.6. The number of carbonyl (C=O) groups is 2. The molecule has 1 aliphatic rings. The fraction of sp³-hybridized carbons (Fsp3) is 0.421. The van der Waals surface area contributed by atoms with E-state index in [9.17, 15) is 9.59 Å². The van der Waals surface area contributed by atoms with Crippen LogP contribution in [0.15, 0.2) is 42.7 Å². The number of carbonyl (C=O) groups excluding carboxylic acids is 2. The Balaban J connectivity index is 1.56. The van der Waals surface area contributed by atoms with E-state index in [1.165, 1.54) is 6.42 Å². The summed E-state index contributed by atoms with van der Waals surface area (Å²) in [5, 5.41) is 6.98. The van der Waals surface area contributed by atoms with Crippen LogP contribution in [0.3, 0.4) is 0 Å². The van der Waals surface area contributed by atoms with Crippen molar-refractivity contribution in [2.45, 2.75) is 38.8 Å². The number of piperidine rings is 1. The average Bonchev–Trinajstić information content (AvgIpc) is 3.15. The first kappa shape index (κ1) is 17.2. The Morgan fingerprint density at radius 3 is 2.52 bits per heavy atom. The number of amides is 2. The maximum Gasteiger partial charge on any atom is 0.251 e. The number of nitrogens with one attached hydrogen (secondary N) is 1. The Morgan fingerprint density at radius 1 is 1.16 bits per heavy atom. The normalized spacial score (nSPS) is 15.6. The number of likely N-dealkylation sites (tertiary alicyclic amines) is 1. The van der Waals surface area contributed by atoms with Crippen molar-refractivity contribution >= 4 is 11.8 Å². The third-order valence-corrected chi connectivity index (χ3v) is 4.51. The molecule has 1 N–H and O–H groups in total. The van der Waals surface area contributed by atoms with Crippen LogP contribution in [-0.4, -0.2) is 45.6 Å². The minimum Gasteiger partial charge on any atom is -0.341 e. The molecule has 3 rings (SSSR count). The van der Waals surface area contributed by atoms with E-state index in [0.717, 1.165) is 31.5 Å². The van der Waals surface area contributed by atoms with Crippen LogP contribution in [0.5, 0.6) is 0 Å². The van der Waals surface area contributed by atoms with E-state index in [1.807, 2.05) is 34.0 Å². The fourth-order valence-electron chi connectivity index (χ4n) is 3.07. The lowest BCUT2D eigenvalue weighted by molar-refractivity contribution is -0.133. The van der Waals surface area contributed by atoms with E-state index >= 15 is 0 Å². The lowest BCUT2D eigenvalue weighted by Crippen LogP contribution is -2.48. The van der Waals surface area contributed by atoms with Crippen LogP contribution < -0.4 is 5.32 Å². The summed E-state index contributed by atoms with van der Waals surface area (Å²) < 4.78 is 1.83. The molecule has 1 aromatic heterocycles. The summed E-state index contributed by atoms with van der Waals surface area (Å²) in [6.45, 7) is 4.00. The van der Waals surface area contributed by atoms with Crippen molar-refractivity contribution in [1.29, 1.82) is 0 Å². The minimum absolute atomic E-state index is 0.00310. The van der Waals surface area contributed by atoms with Gasteiger partial charge in [0, 0.05) is 31.0 Å². The van der Waals surface area contributed by atoms with Gasteiger partial charge in [-0.15, -0.1) is 0 Å². The van der Waals surface area contributed by atoms with Gasteiger partial charge in [0.05, 0.1) is 6.54 Å². The van der Waals surface area contributed by atoms with E-state index in [0.29, 0.717) is 12.1 Å². The SMILES string of the molecule is C[C@H](NC(=O)c1ccc(Cn2cccn2)cc1)C(=O)N1CCCCC1. The van der Waals surface area contributed by atoms with Crippen molar-refractivity contribution < 1.29 is 9.59 Å². The van der Waals surface area contributed by atoms with Crippen LogP contribution in [0, 0.1) is 0 Å². The van der Waals surface area contributed by atoms with Crippen molar-refractivity contribution in [1.82, 2.24) is 20.0 Å². The summed E-state index contributed by atoms with van der Waals surface area (Å²) >= 11 is 0. The van der Waals surface area contributed by atoms with Crippen molar-refractivity contribution in [3.63, 3.8) is 0 Å². The highest BCUT2D eigenvalue weighted by Gasteiger charge is 2.23. The zero-order valence-electron chi connectivity index (χ0n) is 14.5. The minimum atomic E-state index is -0.505. The Morgan fingerprint density at radius 2 is 1.88 bits per heavy atom. The molecule has 132 valence electrons. The highest BCUT2D eigenvalue weighted by Crippen LogP contribution is 2.11. The summed E-state index contributed by atoms with van der Waals surface area (Å²) in [5.74, 6) is -0.216. The molecule has 0 spiro atoms. The molecule has 0 radical (unpaired) electrons. The van der Waals surface area contributed by atoms with E-state index in [-0.39, 0.29) is 11.8 Å². The van der Waals surface area contributed by atoms with Gasteiger partial charge in [0.2, 0.25) is 5.91 Å². The van der Waals surface area contributed by atoms with Crippen molar-refractivity contribution in [2.75, 3.05) is 13.1 Å². The Kier molecular flexibility index (Phi) is 5.48. The van der Waals surface area contributed by atoms with Gasteiger partial charge in [-0.25, -0.2) is 0 Å². The van der Waals surface area contributed by atoms with Gasteiger partial charge >= 0.3 is 0 Å². The first-order valence-electron chi connectivity index (χ1n) is 8.79. The smallest absolute Gasteiger partial charge is 0.251 e. The van der Waals surface area contributed by atoms with Gasteiger partial charge in [0.1, 0.15) is 6.04 Å². The van der Waals surface area contributed by atoms with Gasteiger partial charge in [-0.2, -0.15) is 5.10 Å². The number of aromatic nitrogens is 2. The standard InChI is InChI=1S/C19H24N4O2/c1-15(19(25)22-11-3-2-4-12-22)21-18(24)17-8-6-16(7-9-17)14-23-13-5-10-20-23/h5-10,13,15H,2-4,11-12,14H2,1H3,(H,21,24)/t15-/m0/s1. The predicted molar refractivity (Wildman–Crippen MR) is 95.1 cm³/mol. The molecule has 0 aliphatic carbocycles.